The largest absolute Gasteiger partial charge is 0.573 e. The monoisotopic (exact) mass is 286 g/mol. The van der Waals surface area contributed by atoms with Crippen LogP contribution in [0.2, 0.25) is 0 Å². The fraction of sp³-hybridized carbons (Fsp3) is 0.143. The molecule has 0 radical (unpaired) electrons. The third-order valence-electron chi connectivity index (χ3n) is 2.58. The highest BCUT2D eigenvalue weighted by Gasteiger charge is 2.32. The van der Waals surface area contributed by atoms with Gasteiger partial charge < -0.3 is 9.47 Å². The molecule has 0 aliphatic heterocycles. The molecule has 0 fully saturated rings. The minimum absolute atomic E-state index is 0.00113. The van der Waals surface area contributed by atoms with Crippen molar-refractivity contribution in [2.45, 2.75) is 6.36 Å². The Morgan fingerprint density at radius 2 is 1.65 bits per heavy atom. The molecule has 0 aliphatic rings. The van der Waals surface area contributed by atoms with Crippen LogP contribution in [0.4, 0.5) is 17.6 Å². The van der Waals surface area contributed by atoms with Crippen molar-refractivity contribution >= 4 is 0 Å². The fourth-order valence-electron chi connectivity index (χ4n) is 1.74. The van der Waals surface area contributed by atoms with E-state index in [-0.39, 0.29) is 11.1 Å². The lowest BCUT2D eigenvalue weighted by Crippen LogP contribution is -2.17. The van der Waals surface area contributed by atoms with Gasteiger partial charge in [-0.25, -0.2) is 4.39 Å². The van der Waals surface area contributed by atoms with Crippen molar-refractivity contribution in [3.63, 3.8) is 0 Å². The highest BCUT2D eigenvalue weighted by Crippen LogP contribution is 2.36. The molecule has 0 amide bonds. The van der Waals surface area contributed by atoms with Gasteiger partial charge in [-0.15, -0.1) is 13.2 Å². The standard InChI is InChI=1S/C14H10F4O2/c1-19-9-6-7-12(15)11(8-9)10-4-2-3-5-13(10)20-14(16,17)18/h2-8H,1H3. The van der Waals surface area contributed by atoms with E-state index in [1.54, 1.807) is 0 Å². The van der Waals surface area contributed by atoms with E-state index >= 15 is 0 Å². The van der Waals surface area contributed by atoms with Crippen LogP contribution in [-0.4, -0.2) is 13.5 Å². The van der Waals surface area contributed by atoms with E-state index in [0.29, 0.717) is 5.75 Å². The Hall–Kier alpha value is -2.24. The average Bonchev–Trinajstić information content (AvgIpc) is 2.38. The van der Waals surface area contributed by atoms with Crippen molar-refractivity contribution in [3.05, 3.63) is 48.3 Å². The molecular formula is C14H10F4O2. The Morgan fingerprint density at radius 3 is 2.30 bits per heavy atom. The van der Waals surface area contributed by atoms with Gasteiger partial charge in [0.15, 0.2) is 0 Å². The van der Waals surface area contributed by atoms with E-state index in [2.05, 4.69) is 4.74 Å². The smallest absolute Gasteiger partial charge is 0.497 e. The van der Waals surface area contributed by atoms with Crippen LogP contribution in [0.25, 0.3) is 11.1 Å². The van der Waals surface area contributed by atoms with Crippen molar-refractivity contribution in [2.75, 3.05) is 7.11 Å². The summed E-state index contributed by atoms with van der Waals surface area (Å²) in [5.41, 5.74) is -0.0228. The first-order valence-electron chi connectivity index (χ1n) is 5.59. The molecule has 0 spiro atoms. The normalized spacial score (nSPS) is 11.2. The molecule has 6 heteroatoms. The van der Waals surface area contributed by atoms with Gasteiger partial charge >= 0.3 is 6.36 Å². The van der Waals surface area contributed by atoms with E-state index in [1.807, 2.05) is 0 Å². The van der Waals surface area contributed by atoms with Gasteiger partial charge in [-0.2, -0.15) is 0 Å². The molecule has 20 heavy (non-hydrogen) atoms. The quantitative estimate of drug-likeness (QED) is 0.779. The SMILES string of the molecule is COc1ccc(F)c(-c2ccccc2OC(F)(F)F)c1. The Balaban J connectivity index is 2.52. The summed E-state index contributed by atoms with van der Waals surface area (Å²) in [6.07, 6.45) is -4.84. The summed E-state index contributed by atoms with van der Waals surface area (Å²) >= 11 is 0. The molecule has 106 valence electrons. The molecular weight excluding hydrogens is 276 g/mol. The maximum atomic E-state index is 13.8. The first-order chi connectivity index (χ1) is 9.40. The Kier molecular flexibility index (Phi) is 3.83. The van der Waals surface area contributed by atoms with Crippen molar-refractivity contribution in [2.24, 2.45) is 0 Å². The van der Waals surface area contributed by atoms with Crippen molar-refractivity contribution in [3.8, 4) is 22.6 Å². The summed E-state index contributed by atoms with van der Waals surface area (Å²) in [6, 6.07) is 9.17. The van der Waals surface area contributed by atoms with Gasteiger partial charge in [-0.05, 0) is 24.3 Å². The number of para-hydroxylation sites is 1. The van der Waals surface area contributed by atoms with Crippen molar-refractivity contribution in [1.82, 2.24) is 0 Å². The number of ether oxygens (including phenoxy) is 2. The third-order valence-corrected chi connectivity index (χ3v) is 2.58. The average molecular weight is 286 g/mol. The number of rotatable bonds is 3. The maximum Gasteiger partial charge on any atom is 0.573 e. The zero-order valence-corrected chi connectivity index (χ0v) is 10.4. The lowest BCUT2D eigenvalue weighted by molar-refractivity contribution is -0.274. The molecule has 2 rings (SSSR count). The number of hydrogen-bond acceptors (Lipinski definition) is 2. The Labute approximate surface area is 112 Å². The van der Waals surface area contributed by atoms with Crippen LogP contribution in [0, 0.1) is 5.82 Å². The third kappa shape index (κ3) is 3.20. The number of hydrogen-bond donors (Lipinski definition) is 0. The zero-order valence-electron chi connectivity index (χ0n) is 10.4. The fourth-order valence-corrected chi connectivity index (χ4v) is 1.74. The summed E-state index contributed by atoms with van der Waals surface area (Å²) in [4.78, 5) is 0. The van der Waals surface area contributed by atoms with E-state index in [9.17, 15) is 17.6 Å². The van der Waals surface area contributed by atoms with Gasteiger partial charge in [0, 0.05) is 11.1 Å². The van der Waals surface area contributed by atoms with Crippen LogP contribution in [0.5, 0.6) is 11.5 Å². The van der Waals surface area contributed by atoms with E-state index in [4.69, 9.17) is 4.74 Å². The van der Waals surface area contributed by atoms with E-state index in [1.165, 1.54) is 37.4 Å². The van der Waals surface area contributed by atoms with Crippen LogP contribution >= 0.6 is 0 Å². The van der Waals surface area contributed by atoms with Crippen LogP contribution in [-0.2, 0) is 0 Å². The topological polar surface area (TPSA) is 18.5 Å². The van der Waals surface area contributed by atoms with Crippen molar-refractivity contribution < 1.29 is 27.0 Å². The molecule has 0 aromatic heterocycles. The molecule has 2 nitrogen and oxygen atoms in total. The number of alkyl halides is 3. The van der Waals surface area contributed by atoms with Crippen LogP contribution < -0.4 is 9.47 Å². The van der Waals surface area contributed by atoms with E-state index < -0.39 is 17.9 Å². The van der Waals surface area contributed by atoms with Crippen LogP contribution in [0.3, 0.4) is 0 Å². The number of benzene rings is 2. The minimum atomic E-state index is -4.84. The lowest BCUT2D eigenvalue weighted by Gasteiger charge is -2.14. The molecule has 0 bridgehead atoms. The first kappa shape index (κ1) is 14.2. The van der Waals surface area contributed by atoms with Gasteiger partial charge in [-0.1, -0.05) is 18.2 Å². The summed E-state index contributed by atoms with van der Waals surface area (Å²) < 4.78 is 59.7. The van der Waals surface area contributed by atoms with Gasteiger partial charge in [0.25, 0.3) is 0 Å². The predicted molar refractivity (Wildman–Crippen MR) is 65.1 cm³/mol. The van der Waals surface area contributed by atoms with Gasteiger partial charge in [0.05, 0.1) is 7.11 Å². The Morgan fingerprint density at radius 1 is 0.950 bits per heavy atom. The molecule has 0 saturated carbocycles. The van der Waals surface area contributed by atoms with Gasteiger partial charge in [-0.3, -0.25) is 0 Å². The molecule has 0 unspecified atom stereocenters. The maximum absolute atomic E-state index is 13.8. The van der Waals surface area contributed by atoms with Crippen LogP contribution in [0.15, 0.2) is 42.5 Å². The molecule has 2 aromatic carbocycles. The zero-order chi connectivity index (χ0) is 14.8. The number of methoxy groups -OCH3 is 1. The molecule has 0 saturated heterocycles. The summed E-state index contributed by atoms with van der Waals surface area (Å²) in [7, 11) is 1.38. The highest BCUT2D eigenvalue weighted by molar-refractivity contribution is 5.72. The van der Waals surface area contributed by atoms with E-state index in [0.717, 1.165) is 12.1 Å². The second-order valence-electron chi connectivity index (χ2n) is 3.89. The Bertz CT molecular complexity index is 608. The summed E-state index contributed by atoms with van der Waals surface area (Å²) in [6.45, 7) is 0. The van der Waals surface area contributed by atoms with Gasteiger partial charge in [0.1, 0.15) is 17.3 Å². The first-order valence-corrected chi connectivity index (χ1v) is 5.59. The lowest BCUT2D eigenvalue weighted by atomic mass is 10.0. The molecule has 0 heterocycles. The molecule has 0 aliphatic carbocycles. The van der Waals surface area contributed by atoms with Gasteiger partial charge in [0.2, 0.25) is 0 Å². The molecule has 0 atom stereocenters. The van der Waals surface area contributed by atoms with Crippen LogP contribution in [0.1, 0.15) is 0 Å². The second kappa shape index (κ2) is 5.40. The summed E-state index contributed by atoms with van der Waals surface area (Å²) in [5, 5.41) is 0. The second-order valence-corrected chi connectivity index (χ2v) is 3.89. The van der Waals surface area contributed by atoms with Crippen molar-refractivity contribution in [1.29, 1.82) is 0 Å². The molecule has 0 N–H and O–H groups in total. The predicted octanol–water partition coefficient (Wildman–Crippen LogP) is 4.40. The number of halogens is 4. The highest BCUT2D eigenvalue weighted by atomic mass is 19.4. The minimum Gasteiger partial charge on any atom is -0.497 e. The summed E-state index contributed by atoms with van der Waals surface area (Å²) in [5.74, 6) is -0.792. The molecule has 2 aromatic rings.